The van der Waals surface area contributed by atoms with Crippen LogP contribution in [0.5, 0.6) is 0 Å². The van der Waals surface area contributed by atoms with Crippen molar-refractivity contribution in [2.75, 3.05) is 18.1 Å². The van der Waals surface area contributed by atoms with Gasteiger partial charge in [-0.05, 0) is 32.4 Å². The quantitative estimate of drug-likeness (QED) is 0.580. The zero-order chi connectivity index (χ0) is 14.4. The van der Waals surface area contributed by atoms with Crippen LogP contribution in [0.3, 0.4) is 0 Å². The molecule has 0 aliphatic heterocycles. The maximum Gasteiger partial charge on any atom is 0.275 e. The molecule has 0 aromatic heterocycles. The summed E-state index contributed by atoms with van der Waals surface area (Å²) in [5.74, 6) is 0. The number of hydrogen-bond acceptors (Lipinski definition) is 5. The molecule has 1 aromatic carbocycles. The lowest BCUT2D eigenvalue weighted by Gasteiger charge is -2.29. The molecule has 0 saturated heterocycles. The predicted octanol–water partition coefficient (Wildman–Crippen LogP) is 1.68. The summed E-state index contributed by atoms with van der Waals surface area (Å²) in [6.45, 7) is 4.42. The van der Waals surface area contributed by atoms with Gasteiger partial charge in [0.15, 0.2) is 0 Å². The van der Waals surface area contributed by atoms with Gasteiger partial charge < -0.3 is 15.1 Å². The second-order valence-corrected chi connectivity index (χ2v) is 4.59. The molecule has 1 aromatic rings. The van der Waals surface area contributed by atoms with Gasteiger partial charge in [0.2, 0.25) is 0 Å². The van der Waals surface area contributed by atoms with Gasteiger partial charge in [-0.2, -0.15) is 0 Å². The molecular weight excluding hydrogens is 248 g/mol. The molecule has 0 bridgehead atoms. The first kappa shape index (κ1) is 15.4. The average Bonchev–Trinajstić information content (AvgIpc) is 2.38. The van der Waals surface area contributed by atoms with Crippen LogP contribution < -0.4 is 4.90 Å². The van der Waals surface area contributed by atoms with Crippen LogP contribution in [0.4, 0.5) is 11.4 Å². The normalized spacial score (nSPS) is 10.8. The van der Waals surface area contributed by atoms with E-state index in [1.807, 2.05) is 18.7 Å². The highest BCUT2D eigenvalue weighted by Gasteiger charge is 2.17. The van der Waals surface area contributed by atoms with Gasteiger partial charge in [0.1, 0.15) is 0 Å². The van der Waals surface area contributed by atoms with Gasteiger partial charge in [-0.15, -0.1) is 0 Å². The van der Waals surface area contributed by atoms with E-state index in [0.717, 1.165) is 5.69 Å². The van der Waals surface area contributed by atoms with Crippen LogP contribution in [0.15, 0.2) is 18.2 Å². The summed E-state index contributed by atoms with van der Waals surface area (Å²) in [5, 5.41) is 28.9. The molecule has 2 N–H and O–H groups in total. The van der Waals surface area contributed by atoms with Crippen LogP contribution in [0.1, 0.15) is 25.8 Å². The summed E-state index contributed by atoms with van der Waals surface area (Å²) >= 11 is 0. The van der Waals surface area contributed by atoms with E-state index in [4.69, 9.17) is 5.11 Å². The molecule has 0 unspecified atom stereocenters. The summed E-state index contributed by atoms with van der Waals surface area (Å²) in [6.07, 6.45) is 0.629. The molecule has 0 atom stereocenters. The first-order valence-corrected chi connectivity index (χ1v) is 6.27. The first-order valence-electron chi connectivity index (χ1n) is 6.27. The number of nitrogens with zero attached hydrogens (tertiary/aromatic N) is 2. The van der Waals surface area contributed by atoms with Gasteiger partial charge >= 0.3 is 0 Å². The zero-order valence-corrected chi connectivity index (χ0v) is 11.2. The van der Waals surface area contributed by atoms with E-state index >= 15 is 0 Å². The van der Waals surface area contributed by atoms with E-state index in [2.05, 4.69) is 0 Å². The number of aliphatic hydroxyl groups excluding tert-OH is 2. The smallest absolute Gasteiger partial charge is 0.275 e. The molecule has 1 rings (SSSR count). The first-order chi connectivity index (χ1) is 9.01. The highest BCUT2D eigenvalue weighted by atomic mass is 16.6. The number of rotatable bonds is 7. The lowest BCUT2D eigenvalue weighted by atomic mass is 10.1. The second-order valence-electron chi connectivity index (χ2n) is 4.59. The summed E-state index contributed by atoms with van der Waals surface area (Å²) in [5.41, 5.74) is 1.05. The van der Waals surface area contributed by atoms with E-state index in [1.165, 1.54) is 6.07 Å². The number of benzene rings is 1. The van der Waals surface area contributed by atoms with Gasteiger partial charge in [-0.1, -0.05) is 0 Å². The topological polar surface area (TPSA) is 86.8 Å². The van der Waals surface area contributed by atoms with Gasteiger partial charge in [0, 0.05) is 30.9 Å². The molecule has 0 heterocycles. The highest BCUT2D eigenvalue weighted by molar-refractivity contribution is 5.56. The van der Waals surface area contributed by atoms with Gasteiger partial charge in [-0.25, -0.2) is 0 Å². The maximum atomic E-state index is 10.8. The van der Waals surface area contributed by atoms with E-state index in [-0.39, 0.29) is 24.9 Å². The van der Waals surface area contributed by atoms with Gasteiger partial charge in [0.05, 0.1) is 17.1 Å². The summed E-state index contributed by atoms with van der Waals surface area (Å²) < 4.78 is 0. The molecule has 0 aliphatic rings. The predicted molar refractivity (Wildman–Crippen MR) is 73.2 cm³/mol. The number of aliphatic hydroxyl groups is 2. The fourth-order valence-corrected chi connectivity index (χ4v) is 1.98. The molecule has 106 valence electrons. The maximum absolute atomic E-state index is 10.8. The van der Waals surface area contributed by atoms with Crippen molar-refractivity contribution in [2.24, 2.45) is 0 Å². The van der Waals surface area contributed by atoms with Crippen LogP contribution >= 0.6 is 0 Å². The summed E-state index contributed by atoms with van der Waals surface area (Å²) in [6, 6.07) is 4.93. The number of anilines is 1. The van der Waals surface area contributed by atoms with E-state index in [1.54, 1.807) is 12.1 Å². The second kappa shape index (κ2) is 7.06. The zero-order valence-electron chi connectivity index (χ0n) is 11.2. The summed E-state index contributed by atoms with van der Waals surface area (Å²) in [7, 11) is 0. The van der Waals surface area contributed by atoms with Crippen molar-refractivity contribution in [2.45, 2.75) is 32.9 Å². The Bertz CT molecular complexity index is 435. The van der Waals surface area contributed by atoms with Crippen LogP contribution in [0.2, 0.25) is 0 Å². The SMILES string of the molecule is CC(C)N(CCCO)c1ccc([N+](=O)[O-])c(CO)c1. The van der Waals surface area contributed by atoms with Crippen molar-refractivity contribution in [3.63, 3.8) is 0 Å². The van der Waals surface area contributed by atoms with E-state index in [0.29, 0.717) is 18.5 Å². The monoisotopic (exact) mass is 268 g/mol. The van der Waals surface area contributed by atoms with Gasteiger partial charge in [0.25, 0.3) is 5.69 Å². The van der Waals surface area contributed by atoms with Crippen molar-refractivity contribution in [1.29, 1.82) is 0 Å². The third-order valence-corrected chi connectivity index (χ3v) is 2.94. The minimum Gasteiger partial charge on any atom is -0.396 e. The Kier molecular flexibility index (Phi) is 5.72. The van der Waals surface area contributed by atoms with Crippen LogP contribution in [-0.4, -0.2) is 34.3 Å². The Hall–Kier alpha value is -1.66. The Morgan fingerprint density at radius 1 is 1.37 bits per heavy atom. The largest absolute Gasteiger partial charge is 0.396 e. The molecule has 6 heteroatoms. The molecule has 0 radical (unpaired) electrons. The molecule has 0 fully saturated rings. The molecule has 6 nitrogen and oxygen atoms in total. The Morgan fingerprint density at radius 3 is 2.53 bits per heavy atom. The number of nitro benzene ring substituents is 1. The van der Waals surface area contributed by atoms with Gasteiger partial charge in [-0.3, -0.25) is 10.1 Å². The Morgan fingerprint density at radius 2 is 2.05 bits per heavy atom. The Labute approximate surface area is 112 Å². The van der Waals surface area contributed by atoms with Crippen molar-refractivity contribution in [3.8, 4) is 0 Å². The van der Waals surface area contributed by atoms with Crippen molar-refractivity contribution in [3.05, 3.63) is 33.9 Å². The van der Waals surface area contributed by atoms with Crippen LogP contribution in [0.25, 0.3) is 0 Å². The van der Waals surface area contributed by atoms with Crippen LogP contribution in [-0.2, 0) is 6.61 Å². The molecular formula is C13H20N2O4. The van der Waals surface area contributed by atoms with E-state index in [9.17, 15) is 15.2 Å². The highest BCUT2D eigenvalue weighted by Crippen LogP contribution is 2.26. The molecule has 0 saturated carbocycles. The standard InChI is InChI=1S/C13H20N2O4/c1-10(2)14(6-3-7-16)12-4-5-13(15(18)19)11(8-12)9-17/h4-5,8,10,16-17H,3,6-7,9H2,1-2H3. The molecule has 0 amide bonds. The summed E-state index contributed by atoms with van der Waals surface area (Å²) in [4.78, 5) is 12.4. The van der Waals surface area contributed by atoms with Crippen molar-refractivity contribution in [1.82, 2.24) is 0 Å². The van der Waals surface area contributed by atoms with Crippen LogP contribution in [0, 0.1) is 10.1 Å². The van der Waals surface area contributed by atoms with Crippen molar-refractivity contribution >= 4 is 11.4 Å². The third-order valence-electron chi connectivity index (χ3n) is 2.94. The molecule has 19 heavy (non-hydrogen) atoms. The average molecular weight is 268 g/mol. The lowest BCUT2D eigenvalue weighted by molar-refractivity contribution is -0.385. The Balaban J connectivity index is 3.07. The van der Waals surface area contributed by atoms with E-state index < -0.39 is 4.92 Å². The minimum absolute atomic E-state index is 0.0721. The molecule has 0 spiro atoms. The van der Waals surface area contributed by atoms with Crippen molar-refractivity contribution < 1.29 is 15.1 Å². The fourth-order valence-electron chi connectivity index (χ4n) is 1.98. The molecule has 0 aliphatic carbocycles. The lowest BCUT2D eigenvalue weighted by Crippen LogP contribution is -2.32. The third kappa shape index (κ3) is 3.90. The minimum atomic E-state index is -0.497. The fraction of sp³-hybridized carbons (Fsp3) is 0.538. The number of hydrogen-bond donors (Lipinski definition) is 2. The number of nitro groups is 1.